The Bertz CT molecular complexity index is 1150. The van der Waals surface area contributed by atoms with Crippen molar-refractivity contribution in [2.45, 2.75) is 12.5 Å². The van der Waals surface area contributed by atoms with E-state index < -0.39 is 6.09 Å². The number of carbonyl (C=O) groups is 2. The Kier molecular flexibility index (Phi) is 5.00. The van der Waals surface area contributed by atoms with Gasteiger partial charge in [-0.25, -0.2) is 9.59 Å². The van der Waals surface area contributed by atoms with Crippen LogP contribution in [0.5, 0.6) is 0 Å². The van der Waals surface area contributed by atoms with Gasteiger partial charge < -0.3 is 14.8 Å². The molecule has 0 saturated carbocycles. The van der Waals surface area contributed by atoms with Gasteiger partial charge in [-0.05, 0) is 39.9 Å². The molecule has 0 fully saturated rings. The standard InChI is InChI=1S/C26H21NO4/c28-25-19-12-11-17(14-18(19)15-30-25)6-5-13-27-26(29)31-16-24-22-9-3-1-7-20(22)21-8-2-4-10-23(21)24/h1-12,14,24H,13,15-16H2,(H,27,29). The third-order valence-corrected chi connectivity index (χ3v) is 5.73. The third-order valence-electron chi connectivity index (χ3n) is 5.73. The maximum Gasteiger partial charge on any atom is 0.407 e. The zero-order valence-corrected chi connectivity index (χ0v) is 16.8. The molecule has 0 radical (unpaired) electrons. The van der Waals surface area contributed by atoms with Gasteiger partial charge in [0, 0.05) is 18.0 Å². The summed E-state index contributed by atoms with van der Waals surface area (Å²) in [6.07, 6.45) is 3.30. The van der Waals surface area contributed by atoms with Crippen LogP contribution < -0.4 is 5.32 Å². The molecular formula is C26H21NO4. The number of benzene rings is 3. The summed E-state index contributed by atoms with van der Waals surface area (Å²) in [4.78, 5) is 23.7. The smallest absolute Gasteiger partial charge is 0.407 e. The zero-order valence-electron chi connectivity index (χ0n) is 16.8. The average Bonchev–Trinajstić information content (AvgIpc) is 3.33. The Morgan fingerprint density at radius 3 is 2.45 bits per heavy atom. The molecule has 5 nitrogen and oxygen atoms in total. The van der Waals surface area contributed by atoms with Crippen LogP contribution in [0.2, 0.25) is 0 Å². The lowest BCUT2D eigenvalue weighted by Gasteiger charge is -2.14. The van der Waals surface area contributed by atoms with Crippen LogP contribution in [-0.2, 0) is 16.1 Å². The van der Waals surface area contributed by atoms with E-state index in [1.165, 1.54) is 22.3 Å². The van der Waals surface area contributed by atoms with Gasteiger partial charge in [-0.1, -0.05) is 66.7 Å². The van der Waals surface area contributed by atoms with Crippen molar-refractivity contribution in [2.75, 3.05) is 13.2 Å². The number of rotatable bonds is 5. The van der Waals surface area contributed by atoms with Gasteiger partial charge in [0.2, 0.25) is 0 Å². The normalized spacial score (nSPS) is 14.1. The van der Waals surface area contributed by atoms with Crippen LogP contribution in [0.15, 0.2) is 72.8 Å². The van der Waals surface area contributed by atoms with Gasteiger partial charge in [-0.15, -0.1) is 0 Å². The summed E-state index contributed by atoms with van der Waals surface area (Å²) in [5.41, 5.74) is 7.25. The molecule has 5 rings (SSSR count). The fraction of sp³-hybridized carbons (Fsp3) is 0.154. The number of alkyl carbamates (subject to hydrolysis) is 1. The Hall–Kier alpha value is -3.86. The van der Waals surface area contributed by atoms with Crippen molar-refractivity contribution in [2.24, 2.45) is 0 Å². The van der Waals surface area contributed by atoms with Crippen molar-refractivity contribution in [3.05, 3.63) is 101 Å². The maximum atomic E-state index is 12.2. The minimum absolute atomic E-state index is 0.0463. The van der Waals surface area contributed by atoms with E-state index in [1.54, 1.807) is 6.07 Å². The number of cyclic esters (lactones) is 1. The minimum atomic E-state index is -0.445. The van der Waals surface area contributed by atoms with Gasteiger partial charge in [0.25, 0.3) is 0 Å². The van der Waals surface area contributed by atoms with Crippen molar-refractivity contribution in [1.82, 2.24) is 5.32 Å². The summed E-state index contributed by atoms with van der Waals surface area (Å²) in [6.45, 7) is 0.958. The summed E-state index contributed by atoms with van der Waals surface area (Å²) in [5.74, 6) is -0.229. The molecule has 1 heterocycles. The van der Waals surface area contributed by atoms with Gasteiger partial charge in [-0.2, -0.15) is 0 Å². The van der Waals surface area contributed by atoms with Gasteiger partial charge in [0.1, 0.15) is 13.2 Å². The molecule has 2 aliphatic rings. The molecule has 0 bridgehead atoms. The molecule has 3 aromatic carbocycles. The van der Waals surface area contributed by atoms with Crippen molar-refractivity contribution < 1.29 is 19.1 Å². The molecule has 0 unspecified atom stereocenters. The summed E-state index contributed by atoms with van der Waals surface area (Å²) in [6, 6.07) is 22.1. The van der Waals surface area contributed by atoms with Crippen molar-refractivity contribution >= 4 is 18.1 Å². The lowest BCUT2D eigenvalue weighted by molar-refractivity contribution is 0.0535. The highest BCUT2D eigenvalue weighted by molar-refractivity contribution is 5.93. The first-order valence-corrected chi connectivity index (χ1v) is 10.3. The van der Waals surface area contributed by atoms with E-state index in [9.17, 15) is 9.59 Å². The molecule has 0 spiro atoms. The van der Waals surface area contributed by atoms with E-state index in [0.29, 0.717) is 25.3 Å². The number of carbonyl (C=O) groups excluding carboxylic acids is 2. The summed E-state index contributed by atoms with van der Waals surface area (Å²) >= 11 is 0. The summed E-state index contributed by atoms with van der Waals surface area (Å²) in [5, 5.41) is 2.76. The SMILES string of the molecule is O=C(NCC=Cc1ccc2c(c1)COC2=O)OCC1c2ccccc2-c2ccccc21. The Balaban J connectivity index is 1.16. The number of nitrogens with one attached hydrogen (secondary N) is 1. The molecule has 3 aromatic rings. The second-order valence-electron chi connectivity index (χ2n) is 7.60. The molecule has 154 valence electrons. The topological polar surface area (TPSA) is 64.6 Å². The van der Waals surface area contributed by atoms with Gasteiger partial charge in [-0.3, -0.25) is 0 Å². The fourth-order valence-corrected chi connectivity index (χ4v) is 4.24. The number of ether oxygens (including phenoxy) is 2. The van der Waals surface area contributed by atoms with Crippen molar-refractivity contribution in [1.29, 1.82) is 0 Å². The van der Waals surface area contributed by atoms with Crippen LogP contribution in [0, 0.1) is 0 Å². The van der Waals surface area contributed by atoms with Crippen LogP contribution in [-0.4, -0.2) is 25.2 Å². The maximum absolute atomic E-state index is 12.2. The molecule has 0 aromatic heterocycles. The number of fused-ring (bicyclic) bond motifs is 4. The highest BCUT2D eigenvalue weighted by atomic mass is 16.5. The summed E-state index contributed by atoms with van der Waals surface area (Å²) < 4.78 is 10.5. The number of hydrogen-bond donors (Lipinski definition) is 1. The predicted molar refractivity (Wildman–Crippen MR) is 118 cm³/mol. The third kappa shape index (κ3) is 3.70. The van der Waals surface area contributed by atoms with Crippen LogP contribution in [0.4, 0.5) is 4.79 Å². The first-order valence-electron chi connectivity index (χ1n) is 10.3. The molecule has 1 N–H and O–H groups in total. The first kappa shape index (κ1) is 19.1. The van der Waals surface area contributed by atoms with Gasteiger partial charge >= 0.3 is 12.1 Å². The largest absolute Gasteiger partial charge is 0.457 e. The number of amides is 1. The molecule has 5 heteroatoms. The monoisotopic (exact) mass is 411 g/mol. The molecule has 0 saturated heterocycles. The predicted octanol–water partition coefficient (Wildman–Crippen LogP) is 4.91. The van der Waals surface area contributed by atoms with E-state index >= 15 is 0 Å². The van der Waals surface area contributed by atoms with Crippen molar-refractivity contribution in [3.8, 4) is 11.1 Å². The molecule has 0 atom stereocenters. The Morgan fingerprint density at radius 2 is 1.71 bits per heavy atom. The second-order valence-corrected chi connectivity index (χ2v) is 7.60. The van der Waals surface area contributed by atoms with Crippen LogP contribution in [0.3, 0.4) is 0 Å². The Labute approximate surface area is 180 Å². The van der Waals surface area contributed by atoms with E-state index in [1.807, 2.05) is 48.6 Å². The number of esters is 1. The highest BCUT2D eigenvalue weighted by Crippen LogP contribution is 2.44. The van der Waals surface area contributed by atoms with Crippen molar-refractivity contribution in [3.63, 3.8) is 0 Å². The highest BCUT2D eigenvalue weighted by Gasteiger charge is 2.28. The average molecular weight is 411 g/mol. The molecule has 1 aliphatic carbocycles. The lowest BCUT2D eigenvalue weighted by atomic mass is 9.98. The first-order chi connectivity index (χ1) is 15.2. The molecular weight excluding hydrogens is 390 g/mol. The van der Waals surface area contributed by atoms with Crippen LogP contribution >= 0.6 is 0 Å². The van der Waals surface area contributed by atoms with E-state index in [0.717, 1.165) is 11.1 Å². The van der Waals surface area contributed by atoms with E-state index in [4.69, 9.17) is 9.47 Å². The molecule has 1 aliphatic heterocycles. The molecule has 31 heavy (non-hydrogen) atoms. The quantitative estimate of drug-likeness (QED) is 0.606. The van der Waals surface area contributed by atoms with Gasteiger partial charge in [0.05, 0.1) is 5.56 Å². The Morgan fingerprint density at radius 1 is 1.00 bits per heavy atom. The van der Waals surface area contributed by atoms with Gasteiger partial charge in [0.15, 0.2) is 0 Å². The van der Waals surface area contributed by atoms with E-state index in [-0.39, 0.29) is 11.9 Å². The lowest BCUT2D eigenvalue weighted by Crippen LogP contribution is -2.26. The fourth-order valence-electron chi connectivity index (χ4n) is 4.24. The van der Waals surface area contributed by atoms with Crippen LogP contribution in [0.1, 0.15) is 38.5 Å². The number of hydrogen-bond acceptors (Lipinski definition) is 4. The minimum Gasteiger partial charge on any atom is -0.457 e. The zero-order chi connectivity index (χ0) is 21.2. The molecule has 1 amide bonds. The summed E-state index contributed by atoms with van der Waals surface area (Å²) in [7, 11) is 0. The second kappa shape index (κ2) is 8.11. The van der Waals surface area contributed by atoms with E-state index in [2.05, 4.69) is 29.6 Å². The van der Waals surface area contributed by atoms with Crippen LogP contribution in [0.25, 0.3) is 17.2 Å².